The normalized spacial score (nSPS) is 48.6. The van der Waals surface area contributed by atoms with E-state index in [-0.39, 0.29) is 10.3 Å². The van der Waals surface area contributed by atoms with Crippen LogP contribution in [0.5, 0.6) is 0 Å². The predicted molar refractivity (Wildman–Crippen MR) is 122 cm³/mol. The molecule has 2 saturated carbocycles. The Kier molecular flexibility index (Phi) is 6.29. The van der Waals surface area contributed by atoms with Crippen LogP contribution in [0.2, 0.25) is 0 Å². The molecule has 0 amide bonds. The van der Waals surface area contributed by atoms with Gasteiger partial charge in [0.15, 0.2) is 0 Å². The second kappa shape index (κ2) is 8.20. The molecule has 8 unspecified atom stereocenters. The van der Waals surface area contributed by atoms with Crippen molar-refractivity contribution in [2.45, 2.75) is 89.4 Å². The van der Waals surface area contributed by atoms with E-state index in [2.05, 4.69) is 38.3 Å². The van der Waals surface area contributed by atoms with Gasteiger partial charge in [0.1, 0.15) is 0 Å². The molecule has 0 spiro atoms. The lowest BCUT2D eigenvalue weighted by Gasteiger charge is -2.64. The largest absolute Gasteiger partial charge is 0.396 e. The minimum atomic E-state index is -2.69. The molecule has 2 heterocycles. The van der Waals surface area contributed by atoms with Crippen LogP contribution in [0, 0.1) is 35.5 Å². The monoisotopic (exact) mass is 422 g/mol. The van der Waals surface area contributed by atoms with Gasteiger partial charge in [-0.1, -0.05) is 39.5 Å². The summed E-state index contributed by atoms with van der Waals surface area (Å²) in [5, 5.41) is 8.00. The van der Waals surface area contributed by atoms with Crippen LogP contribution in [0.25, 0.3) is 0 Å². The van der Waals surface area contributed by atoms with E-state index in [4.69, 9.17) is 8.85 Å². The average molecular weight is 423 g/mol. The van der Waals surface area contributed by atoms with Crippen LogP contribution >= 0.6 is 0 Å². The van der Waals surface area contributed by atoms with Crippen molar-refractivity contribution in [3.8, 4) is 0 Å². The van der Waals surface area contributed by atoms with Gasteiger partial charge in [-0.3, -0.25) is 0 Å². The minimum Gasteiger partial charge on any atom is -0.396 e. The molecule has 2 aliphatic heterocycles. The molecule has 168 valence electrons. The molecule has 2 saturated heterocycles. The van der Waals surface area contributed by atoms with E-state index in [0.717, 1.165) is 36.8 Å². The van der Waals surface area contributed by atoms with Gasteiger partial charge in [0.05, 0.1) is 10.3 Å². The number of hydrogen-bond acceptors (Lipinski definition) is 4. The van der Waals surface area contributed by atoms with Gasteiger partial charge in [-0.05, 0) is 88.1 Å². The average Bonchev–Trinajstić information content (AvgIpc) is 2.71. The van der Waals surface area contributed by atoms with E-state index in [1.807, 2.05) is 14.2 Å². The van der Waals surface area contributed by atoms with Crippen LogP contribution in [0.3, 0.4) is 0 Å². The molecule has 8 atom stereocenters. The van der Waals surface area contributed by atoms with Crippen molar-refractivity contribution in [2.75, 3.05) is 27.3 Å². The van der Waals surface area contributed by atoms with Gasteiger partial charge in [-0.15, -0.1) is 0 Å². The van der Waals surface area contributed by atoms with Crippen molar-refractivity contribution in [3.05, 3.63) is 0 Å². The SMILES string of the molecule is CO[Si](OC)(C1(C)NCCC2C(C)CCCC21)C1(C)NCCC2C(C)CCCC21. The first-order valence-corrected chi connectivity index (χ1v) is 14.3. The van der Waals surface area contributed by atoms with E-state index in [0.29, 0.717) is 11.8 Å². The maximum atomic E-state index is 6.73. The van der Waals surface area contributed by atoms with Crippen molar-refractivity contribution in [1.29, 1.82) is 0 Å². The molecule has 2 N–H and O–H groups in total. The molecule has 0 bridgehead atoms. The van der Waals surface area contributed by atoms with E-state index < -0.39 is 8.56 Å². The summed E-state index contributed by atoms with van der Waals surface area (Å²) in [5.41, 5.74) is 0. The second-order valence-corrected chi connectivity index (χ2v) is 15.3. The van der Waals surface area contributed by atoms with Gasteiger partial charge in [-0.2, -0.15) is 0 Å². The van der Waals surface area contributed by atoms with Crippen molar-refractivity contribution in [2.24, 2.45) is 35.5 Å². The molecular weight excluding hydrogens is 376 g/mol. The number of hydrogen-bond donors (Lipinski definition) is 2. The summed E-state index contributed by atoms with van der Waals surface area (Å²) >= 11 is 0. The summed E-state index contributed by atoms with van der Waals surface area (Å²) in [6, 6.07) is 0. The lowest BCUT2D eigenvalue weighted by atomic mass is 9.66. The molecule has 4 aliphatic rings. The first-order chi connectivity index (χ1) is 13.8. The molecule has 2 aliphatic carbocycles. The highest BCUT2D eigenvalue weighted by Gasteiger charge is 2.72. The highest BCUT2D eigenvalue weighted by Crippen LogP contribution is 2.55. The Bertz CT molecular complexity index is 539. The molecule has 4 rings (SSSR count). The van der Waals surface area contributed by atoms with E-state index >= 15 is 0 Å². The fourth-order valence-electron chi connectivity index (χ4n) is 8.82. The highest BCUT2D eigenvalue weighted by atomic mass is 28.4. The van der Waals surface area contributed by atoms with Crippen LogP contribution in [-0.4, -0.2) is 46.2 Å². The van der Waals surface area contributed by atoms with Gasteiger partial charge < -0.3 is 19.5 Å². The summed E-state index contributed by atoms with van der Waals surface area (Å²) in [6.45, 7) is 12.2. The molecule has 0 radical (unpaired) electrons. The molecule has 0 aromatic heterocycles. The first kappa shape index (κ1) is 22.3. The molecular formula is C24H46N2O2Si. The Morgan fingerprint density at radius 3 is 1.48 bits per heavy atom. The third-order valence-corrected chi connectivity index (χ3v) is 15.2. The van der Waals surface area contributed by atoms with Gasteiger partial charge in [0.2, 0.25) is 0 Å². The molecule has 4 nitrogen and oxygen atoms in total. The van der Waals surface area contributed by atoms with Crippen LogP contribution in [0.15, 0.2) is 0 Å². The first-order valence-electron chi connectivity index (χ1n) is 12.4. The zero-order chi connectivity index (χ0) is 20.9. The van der Waals surface area contributed by atoms with Crippen molar-refractivity contribution < 1.29 is 8.85 Å². The third kappa shape index (κ3) is 3.13. The Balaban J connectivity index is 1.78. The fraction of sp³-hybridized carbons (Fsp3) is 1.00. The third-order valence-electron chi connectivity index (χ3n) is 10.2. The molecule has 29 heavy (non-hydrogen) atoms. The quantitative estimate of drug-likeness (QED) is 0.659. The Morgan fingerprint density at radius 2 is 1.10 bits per heavy atom. The van der Waals surface area contributed by atoms with E-state index in [9.17, 15) is 0 Å². The van der Waals surface area contributed by atoms with E-state index in [1.165, 1.54) is 51.4 Å². The van der Waals surface area contributed by atoms with Gasteiger partial charge in [0.25, 0.3) is 0 Å². The van der Waals surface area contributed by atoms with Crippen LogP contribution in [0.1, 0.15) is 79.1 Å². The number of nitrogens with one attached hydrogen (secondary N) is 2. The van der Waals surface area contributed by atoms with E-state index in [1.54, 1.807) is 0 Å². The zero-order valence-corrected chi connectivity index (χ0v) is 20.9. The Labute approximate surface area is 180 Å². The van der Waals surface area contributed by atoms with Crippen molar-refractivity contribution >= 4 is 8.56 Å². The Morgan fingerprint density at radius 1 is 0.690 bits per heavy atom. The smallest absolute Gasteiger partial charge is 0.379 e. The van der Waals surface area contributed by atoms with Crippen LogP contribution in [0.4, 0.5) is 0 Å². The number of fused-ring (bicyclic) bond motifs is 2. The van der Waals surface area contributed by atoms with Gasteiger partial charge in [-0.25, -0.2) is 0 Å². The zero-order valence-electron chi connectivity index (χ0n) is 19.9. The molecule has 0 aromatic rings. The lowest BCUT2D eigenvalue weighted by Crippen LogP contribution is -2.87. The van der Waals surface area contributed by atoms with Gasteiger partial charge >= 0.3 is 8.56 Å². The molecule has 5 heteroatoms. The fourth-order valence-corrected chi connectivity index (χ4v) is 14.2. The topological polar surface area (TPSA) is 42.5 Å². The van der Waals surface area contributed by atoms with Crippen molar-refractivity contribution in [3.63, 3.8) is 0 Å². The summed E-state index contributed by atoms with van der Waals surface area (Å²) < 4.78 is 13.5. The lowest BCUT2D eigenvalue weighted by molar-refractivity contribution is 0.0000684. The number of piperidine rings is 2. The summed E-state index contributed by atoms with van der Waals surface area (Å²) in [7, 11) is 1.23. The minimum absolute atomic E-state index is 0.0571. The van der Waals surface area contributed by atoms with Crippen LogP contribution < -0.4 is 10.6 Å². The standard InChI is InChI=1S/C24H46N2O2Si/c1-17-9-7-11-21-19(17)13-15-25-23(21,3)29(27-5,28-6)24(4)22-12-8-10-18(2)20(22)14-16-26-24/h17-22,25-26H,7-16H2,1-6H3. The van der Waals surface area contributed by atoms with Crippen LogP contribution in [-0.2, 0) is 8.85 Å². The Hall–Kier alpha value is 0.0569. The highest BCUT2D eigenvalue weighted by molar-refractivity contribution is 6.74. The summed E-state index contributed by atoms with van der Waals surface area (Å²) in [6.07, 6.45) is 10.8. The molecule has 0 aromatic carbocycles. The van der Waals surface area contributed by atoms with Gasteiger partial charge in [0, 0.05) is 14.2 Å². The maximum Gasteiger partial charge on any atom is 0.379 e. The number of rotatable bonds is 4. The van der Waals surface area contributed by atoms with Crippen molar-refractivity contribution in [1.82, 2.24) is 10.6 Å². The molecule has 4 fully saturated rings. The second-order valence-electron chi connectivity index (χ2n) is 11.2. The maximum absolute atomic E-state index is 6.73. The summed E-state index contributed by atoms with van der Waals surface area (Å²) in [4.78, 5) is 0. The predicted octanol–water partition coefficient (Wildman–Crippen LogP) is 4.41. The summed E-state index contributed by atoms with van der Waals surface area (Å²) in [5.74, 6) is 4.58.